The van der Waals surface area contributed by atoms with Gasteiger partial charge in [-0.3, -0.25) is 4.79 Å². The minimum absolute atomic E-state index is 0.155. The van der Waals surface area contributed by atoms with Crippen LogP contribution in [-0.4, -0.2) is 38.6 Å². The second-order valence-corrected chi connectivity index (χ2v) is 5.30. The molecular weight excluding hydrogens is 288 g/mol. The van der Waals surface area contributed by atoms with Gasteiger partial charge in [-0.05, 0) is 12.8 Å². The SMILES string of the molecule is Nc1cc2c(cc1NC(=O)CCOCC1CCCO1)OCO2. The lowest BCUT2D eigenvalue weighted by Gasteiger charge is -2.11. The molecule has 1 fully saturated rings. The van der Waals surface area contributed by atoms with Crippen molar-refractivity contribution in [2.75, 3.05) is 37.7 Å². The number of carbonyl (C=O) groups is 1. The lowest BCUT2D eigenvalue weighted by molar-refractivity contribution is -0.117. The topological polar surface area (TPSA) is 92.0 Å². The molecule has 1 saturated heterocycles. The molecule has 2 heterocycles. The van der Waals surface area contributed by atoms with Crippen LogP contribution in [0.3, 0.4) is 0 Å². The Morgan fingerprint density at radius 3 is 2.95 bits per heavy atom. The number of nitrogens with two attached hydrogens (primary N) is 1. The summed E-state index contributed by atoms with van der Waals surface area (Å²) in [5.74, 6) is 1.02. The van der Waals surface area contributed by atoms with Gasteiger partial charge in [-0.1, -0.05) is 0 Å². The molecule has 1 unspecified atom stereocenters. The van der Waals surface area contributed by atoms with E-state index in [-0.39, 0.29) is 25.2 Å². The maximum Gasteiger partial charge on any atom is 0.231 e. The van der Waals surface area contributed by atoms with E-state index in [1.165, 1.54) is 0 Å². The quantitative estimate of drug-likeness (QED) is 0.611. The van der Waals surface area contributed by atoms with Gasteiger partial charge in [-0.25, -0.2) is 0 Å². The molecule has 22 heavy (non-hydrogen) atoms. The Balaban J connectivity index is 1.43. The molecule has 0 bridgehead atoms. The third-order valence-corrected chi connectivity index (χ3v) is 3.62. The highest BCUT2D eigenvalue weighted by Crippen LogP contribution is 2.38. The Morgan fingerprint density at radius 2 is 2.18 bits per heavy atom. The summed E-state index contributed by atoms with van der Waals surface area (Å²) >= 11 is 0. The summed E-state index contributed by atoms with van der Waals surface area (Å²) in [5.41, 5.74) is 6.85. The van der Waals surface area contributed by atoms with E-state index in [1.54, 1.807) is 12.1 Å². The van der Waals surface area contributed by atoms with E-state index in [4.69, 9.17) is 24.7 Å². The van der Waals surface area contributed by atoms with E-state index in [2.05, 4.69) is 5.32 Å². The molecule has 0 aromatic heterocycles. The lowest BCUT2D eigenvalue weighted by Crippen LogP contribution is -2.18. The van der Waals surface area contributed by atoms with Crippen LogP contribution in [-0.2, 0) is 14.3 Å². The van der Waals surface area contributed by atoms with Gasteiger partial charge < -0.3 is 30.0 Å². The van der Waals surface area contributed by atoms with Crippen molar-refractivity contribution >= 4 is 17.3 Å². The number of anilines is 2. The van der Waals surface area contributed by atoms with Crippen LogP contribution in [0.5, 0.6) is 11.5 Å². The van der Waals surface area contributed by atoms with Crippen molar-refractivity contribution in [2.45, 2.75) is 25.4 Å². The summed E-state index contributed by atoms with van der Waals surface area (Å²) in [6.07, 6.45) is 2.55. The normalized spacial score (nSPS) is 19.4. The number of nitrogen functional groups attached to an aromatic ring is 1. The van der Waals surface area contributed by atoms with E-state index in [0.717, 1.165) is 19.4 Å². The fourth-order valence-corrected chi connectivity index (χ4v) is 2.43. The molecular formula is C15H20N2O5. The highest BCUT2D eigenvalue weighted by molar-refractivity contribution is 5.94. The van der Waals surface area contributed by atoms with E-state index in [1.807, 2.05) is 0 Å². The lowest BCUT2D eigenvalue weighted by atomic mass is 10.2. The average molecular weight is 308 g/mol. The largest absolute Gasteiger partial charge is 0.454 e. The maximum absolute atomic E-state index is 11.9. The van der Waals surface area contributed by atoms with Gasteiger partial charge in [-0.2, -0.15) is 0 Å². The molecule has 0 saturated carbocycles. The standard InChI is InChI=1S/C15H20N2O5/c16-11-6-13-14(22-9-21-13)7-12(11)17-15(18)3-5-19-8-10-2-1-4-20-10/h6-7,10H,1-5,8-9,16H2,(H,17,18). The van der Waals surface area contributed by atoms with Gasteiger partial charge in [0.15, 0.2) is 11.5 Å². The second-order valence-electron chi connectivity index (χ2n) is 5.30. The summed E-state index contributed by atoms with van der Waals surface area (Å²) in [6.45, 7) is 1.87. The third-order valence-electron chi connectivity index (χ3n) is 3.62. The highest BCUT2D eigenvalue weighted by Gasteiger charge is 2.18. The van der Waals surface area contributed by atoms with Crippen LogP contribution in [0.2, 0.25) is 0 Å². The molecule has 120 valence electrons. The van der Waals surface area contributed by atoms with Crippen molar-refractivity contribution in [1.29, 1.82) is 0 Å². The zero-order chi connectivity index (χ0) is 15.4. The number of nitrogens with one attached hydrogen (secondary N) is 1. The number of ether oxygens (including phenoxy) is 4. The monoisotopic (exact) mass is 308 g/mol. The van der Waals surface area contributed by atoms with Gasteiger partial charge in [0.2, 0.25) is 12.7 Å². The Kier molecular flexibility index (Phi) is 4.65. The number of hydrogen-bond donors (Lipinski definition) is 2. The summed E-state index contributed by atoms with van der Waals surface area (Å²) in [5, 5.41) is 2.76. The molecule has 0 radical (unpaired) electrons. The fourth-order valence-electron chi connectivity index (χ4n) is 2.43. The summed E-state index contributed by atoms with van der Waals surface area (Å²) < 4.78 is 21.4. The van der Waals surface area contributed by atoms with Crippen LogP contribution in [0.4, 0.5) is 11.4 Å². The molecule has 3 rings (SSSR count). The van der Waals surface area contributed by atoms with Crippen LogP contribution in [0.25, 0.3) is 0 Å². The first-order valence-corrected chi connectivity index (χ1v) is 7.40. The Morgan fingerprint density at radius 1 is 1.36 bits per heavy atom. The van der Waals surface area contributed by atoms with E-state index >= 15 is 0 Å². The number of rotatable bonds is 6. The molecule has 7 heteroatoms. The van der Waals surface area contributed by atoms with Gasteiger partial charge in [-0.15, -0.1) is 0 Å². The number of hydrogen-bond acceptors (Lipinski definition) is 6. The van der Waals surface area contributed by atoms with E-state index < -0.39 is 0 Å². The highest BCUT2D eigenvalue weighted by atomic mass is 16.7. The number of amides is 1. The van der Waals surface area contributed by atoms with Crippen molar-refractivity contribution in [3.63, 3.8) is 0 Å². The van der Waals surface area contributed by atoms with Crippen molar-refractivity contribution in [2.24, 2.45) is 0 Å². The predicted octanol–water partition coefficient (Wildman–Crippen LogP) is 1.52. The second kappa shape index (κ2) is 6.85. The van der Waals surface area contributed by atoms with Gasteiger partial charge in [0.25, 0.3) is 0 Å². The van der Waals surface area contributed by atoms with Gasteiger partial charge in [0.05, 0.1) is 37.1 Å². The summed E-state index contributed by atoms with van der Waals surface area (Å²) in [4.78, 5) is 11.9. The Hall–Kier alpha value is -1.99. The molecule has 0 spiro atoms. The molecule has 2 aliphatic rings. The Labute approximate surface area is 128 Å². The molecule has 3 N–H and O–H groups in total. The first-order valence-electron chi connectivity index (χ1n) is 7.40. The number of benzene rings is 1. The van der Waals surface area contributed by atoms with Crippen molar-refractivity contribution in [1.82, 2.24) is 0 Å². The zero-order valence-corrected chi connectivity index (χ0v) is 12.3. The predicted molar refractivity (Wildman–Crippen MR) is 80.0 cm³/mol. The molecule has 1 aromatic rings. The fraction of sp³-hybridized carbons (Fsp3) is 0.533. The number of fused-ring (bicyclic) bond motifs is 1. The molecule has 1 aromatic carbocycles. The Bertz CT molecular complexity index is 543. The first kappa shape index (κ1) is 14.9. The smallest absolute Gasteiger partial charge is 0.231 e. The van der Waals surface area contributed by atoms with Gasteiger partial charge in [0.1, 0.15) is 0 Å². The van der Waals surface area contributed by atoms with E-state index in [0.29, 0.717) is 36.1 Å². The summed E-state index contributed by atoms with van der Waals surface area (Å²) in [7, 11) is 0. The third kappa shape index (κ3) is 3.61. The van der Waals surface area contributed by atoms with Crippen LogP contribution in [0.1, 0.15) is 19.3 Å². The summed E-state index contributed by atoms with van der Waals surface area (Å²) in [6, 6.07) is 3.31. The van der Waals surface area contributed by atoms with Gasteiger partial charge >= 0.3 is 0 Å². The molecule has 0 aliphatic carbocycles. The molecule has 1 amide bonds. The molecule has 7 nitrogen and oxygen atoms in total. The van der Waals surface area contributed by atoms with Crippen molar-refractivity contribution < 1.29 is 23.7 Å². The van der Waals surface area contributed by atoms with Crippen molar-refractivity contribution in [3.05, 3.63) is 12.1 Å². The minimum Gasteiger partial charge on any atom is -0.454 e. The van der Waals surface area contributed by atoms with Crippen LogP contribution in [0, 0.1) is 0 Å². The zero-order valence-electron chi connectivity index (χ0n) is 12.3. The maximum atomic E-state index is 11.9. The molecule has 2 aliphatic heterocycles. The van der Waals surface area contributed by atoms with Crippen LogP contribution >= 0.6 is 0 Å². The van der Waals surface area contributed by atoms with Gasteiger partial charge in [0, 0.05) is 18.7 Å². The van der Waals surface area contributed by atoms with Crippen LogP contribution < -0.4 is 20.5 Å². The van der Waals surface area contributed by atoms with Crippen LogP contribution in [0.15, 0.2) is 12.1 Å². The first-order chi connectivity index (χ1) is 10.7. The number of carbonyl (C=O) groups excluding carboxylic acids is 1. The van der Waals surface area contributed by atoms with E-state index in [9.17, 15) is 4.79 Å². The average Bonchev–Trinajstić information content (AvgIpc) is 3.15. The minimum atomic E-state index is -0.155. The van der Waals surface area contributed by atoms with Crippen molar-refractivity contribution in [3.8, 4) is 11.5 Å². The molecule has 1 atom stereocenters.